The summed E-state index contributed by atoms with van der Waals surface area (Å²) in [4.78, 5) is 4.45. The number of hydrogen-bond acceptors (Lipinski definition) is 8. The van der Waals surface area contributed by atoms with E-state index in [9.17, 15) is 5.21 Å². The normalized spacial score (nSPS) is 22.0. The van der Waals surface area contributed by atoms with Crippen LogP contribution in [0.3, 0.4) is 0 Å². The van der Waals surface area contributed by atoms with Gasteiger partial charge in [-0.1, -0.05) is 12.1 Å². The molecule has 0 bridgehead atoms. The van der Waals surface area contributed by atoms with Crippen LogP contribution in [0.1, 0.15) is 24.0 Å². The molecule has 1 N–H and O–H groups in total. The van der Waals surface area contributed by atoms with Gasteiger partial charge in [0.2, 0.25) is 0 Å². The average molecular weight is 386 g/mol. The van der Waals surface area contributed by atoms with Crippen LogP contribution in [-0.2, 0) is 6.54 Å². The summed E-state index contributed by atoms with van der Waals surface area (Å²) in [7, 11) is 0. The van der Waals surface area contributed by atoms with Gasteiger partial charge in [0.25, 0.3) is 0 Å². The first kappa shape index (κ1) is 20.1. The molecule has 0 radical (unpaired) electrons. The molecule has 8 heteroatoms. The van der Waals surface area contributed by atoms with Gasteiger partial charge in [-0.05, 0) is 43.6 Å². The number of thioether (sulfide) groups is 1. The number of nitrogens with one attached hydrogen (secondary N) is 1. The van der Waals surface area contributed by atoms with E-state index in [1.807, 2.05) is 24.3 Å². The van der Waals surface area contributed by atoms with Crippen LogP contribution < -0.4 is 5.43 Å². The first-order valence-electron chi connectivity index (χ1n) is 9.32. The van der Waals surface area contributed by atoms with Gasteiger partial charge >= 0.3 is 0 Å². The summed E-state index contributed by atoms with van der Waals surface area (Å²) in [5.74, 6) is 1.72. The SMILES string of the molecule is N#Cc1cccc(CN2CCC(N([O-])NCCN3CSCC3C#N)CC2)c1. The molecule has 2 aliphatic heterocycles. The Labute approximate surface area is 165 Å². The predicted molar refractivity (Wildman–Crippen MR) is 106 cm³/mol. The van der Waals surface area contributed by atoms with E-state index in [0.29, 0.717) is 12.1 Å². The molecule has 1 aromatic carbocycles. The van der Waals surface area contributed by atoms with Crippen molar-refractivity contribution in [3.05, 3.63) is 40.6 Å². The Hall–Kier alpha value is -1.65. The fraction of sp³-hybridized carbons (Fsp3) is 0.579. The molecule has 3 rings (SSSR count). The van der Waals surface area contributed by atoms with Gasteiger partial charge in [0, 0.05) is 37.3 Å². The minimum absolute atomic E-state index is 0.00795. The summed E-state index contributed by atoms with van der Waals surface area (Å²) in [5, 5.41) is 31.4. The third-order valence-electron chi connectivity index (χ3n) is 5.14. The topological polar surface area (TPSA) is 92.4 Å². The summed E-state index contributed by atoms with van der Waals surface area (Å²) in [5.41, 5.74) is 4.79. The molecule has 2 heterocycles. The van der Waals surface area contributed by atoms with E-state index >= 15 is 0 Å². The summed E-state index contributed by atoms with van der Waals surface area (Å²) in [6.45, 7) is 3.86. The number of nitrogens with zero attached hydrogens (tertiary/aromatic N) is 5. The molecule has 2 aliphatic rings. The van der Waals surface area contributed by atoms with Gasteiger partial charge in [-0.25, -0.2) is 0 Å². The maximum Gasteiger partial charge on any atom is 0.108 e. The zero-order chi connectivity index (χ0) is 19.1. The van der Waals surface area contributed by atoms with E-state index in [0.717, 1.165) is 61.4 Å². The molecule has 0 aromatic heterocycles. The number of hydrogen-bond donors (Lipinski definition) is 1. The number of piperidine rings is 1. The quantitative estimate of drug-likeness (QED) is 0.710. The molecule has 1 aromatic rings. The van der Waals surface area contributed by atoms with Crippen LogP contribution in [0, 0.1) is 27.9 Å². The molecule has 1 atom stereocenters. The average Bonchev–Trinajstić information content (AvgIpc) is 3.16. The van der Waals surface area contributed by atoms with Crippen molar-refractivity contribution >= 4 is 11.8 Å². The van der Waals surface area contributed by atoms with Gasteiger partial charge in [0.05, 0.1) is 17.7 Å². The van der Waals surface area contributed by atoms with Crippen LogP contribution in [-0.4, -0.2) is 64.9 Å². The summed E-state index contributed by atoms with van der Waals surface area (Å²) >= 11 is 1.77. The molecule has 27 heavy (non-hydrogen) atoms. The largest absolute Gasteiger partial charge is 0.771 e. The molecule has 1 unspecified atom stereocenters. The summed E-state index contributed by atoms with van der Waals surface area (Å²) in [6, 6.07) is 12.2. The zero-order valence-electron chi connectivity index (χ0n) is 15.4. The number of likely N-dealkylation sites (tertiary alicyclic amines) is 1. The highest BCUT2D eigenvalue weighted by molar-refractivity contribution is 7.99. The Morgan fingerprint density at radius 1 is 1.30 bits per heavy atom. The second-order valence-electron chi connectivity index (χ2n) is 7.01. The van der Waals surface area contributed by atoms with Crippen molar-refractivity contribution in [3.8, 4) is 12.1 Å². The van der Waals surface area contributed by atoms with Crippen molar-refractivity contribution in [2.24, 2.45) is 0 Å². The van der Waals surface area contributed by atoms with Crippen molar-refractivity contribution in [3.63, 3.8) is 0 Å². The first-order valence-corrected chi connectivity index (χ1v) is 10.5. The smallest absolute Gasteiger partial charge is 0.108 e. The number of nitriles is 2. The molecule has 0 aliphatic carbocycles. The third kappa shape index (κ3) is 5.66. The van der Waals surface area contributed by atoms with Gasteiger partial charge in [0.1, 0.15) is 6.04 Å². The number of rotatable bonds is 7. The van der Waals surface area contributed by atoms with Crippen LogP contribution in [0.2, 0.25) is 0 Å². The minimum atomic E-state index is -0.0281. The van der Waals surface area contributed by atoms with Gasteiger partial charge in [-0.2, -0.15) is 10.5 Å². The Balaban J connectivity index is 1.37. The van der Waals surface area contributed by atoms with Crippen molar-refractivity contribution in [2.75, 3.05) is 37.8 Å². The second kappa shape index (κ2) is 10.0. The van der Waals surface area contributed by atoms with Crippen LogP contribution >= 0.6 is 11.8 Å². The van der Waals surface area contributed by atoms with Gasteiger partial charge in [-0.3, -0.25) is 15.2 Å². The third-order valence-corrected chi connectivity index (χ3v) is 6.21. The van der Waals surface area contributed by atoms with Gasteiger partial charge < -0.3 is 10.4 Å². The van der Waals surface area contributed by atoms with Crippen molar-refractivity contribution in [1.29, 1.82) is 10.5 Å². The van der Waals surface area contributed by atoms with Crippen LogP contribution in [0.15, 0.2) is 24.3 Å². The molecule has 144 valence electrons. The van der Waals surface area contributed by atoms with Crippen molar-refractivity contribution < 1.29 is 0 Å². The Morgan fingerprint density at radius 3 is 2.85 bits per heavy atom. The van der Waals surface area contributed by atoms with Gasteiger partial charge in [-0.15, -0.1) is 11.8 Å². The lowest BCUT2D eigenvalue weighted by Crippen LogP contribution is -2.49. The maximum atomic E-state index is 12.3. The van der Waals surface area contributed by atoms with Crippen molar-refractivity contribution in [2.45, 2.75) is 31.5 Å². The lowest BCUT2D eigenvalue weighted by atomic mass is 10.0. The monoisotopic (exact) mass is 385 g/mol. The standard InChI is InChI=1S/C19H25N6OS/c20-11-16-2-1-3-17(10-16)13-23-7-4-18(5-8-23)25(26)22-6-9-24-15-27-14-19(24)12-21/h1-3,10,18-19,22H,4-9,13-15H2/q-1. The first-order chi connectivity index (χ1) is 13.2. The van der Waals surface area contributed by atoms with Crippen LogP contribution in [0.25, 0.3) is 0 Å². The van der Waals surface area contributed by atoms with E-state index in [1.165, 1.54) is 0 Å². The maximum absolute atomic E-state index is 12.3. The van der Waals surface area contributed by atoms with Crippen molar-refractivity contribution in [1.82, 2.24) is 20.4 Å². The van der Waals surface area contributed by atoms with E-state index in [1.54, 1.807) is 11.8 Å². The highest BCUT2D eigenvalue weighted by Crippen LogP contribution is 2.20. The van der Waals surface area contributed by atoms with E-state index < -0.39 is 0 Å². The van der Waals surface area contributed by atoms with E-state index in [2.05, 4.69) is 27.4 Å². The fourth-order valence-corrected chi connectivity index (χ4v) is 4.72. The number of hydrazine groups is 1. The predicted octanol–water partition coefficient (Wildman–Crippen LogP) is 1.73. The summed E-state index contributed by atoms with van der Waals surface area (Å²) < 4.78 is 0. The second-order valence-corrected chi connectivity index (χ2v) is 8.01. The Bertz CT molecular complexity index is 694. The molecule has 0 saturated carbocycles. The molecule has 0 amide bonds. The van der Waals surface area contributed by atoms with Crippen LogP contribution in [0.4, 0.5) is 0 Å². The molecule has 2 fully saturated rings. The highest BCUT2D eigenvalue weighted by Gasteiger charge is 2.24. The summed E-state index contributed by atoms with van der Waals surface area (Å²) in [6.07, 6.45) is 1.66. The molecule has 2 saturated heterocycles. The molecule has 0 spiro atoms. The fourth-order valence-electron chi connectivity index (χ4n) is 3.56. The Kier molecular flexibility index (Phi) is 7.48. The number of hydroxylamine groups is 1. The highest BCUT2D eigenvalue weighted by atomic mass is 32.2. The molecular weight excluding hydrogens is 360 g/mol. The van der Waals surface area contributed by atoms with E-state index in [-0.39, 0.29) is 12.1 Å². The lowest BCUT2D eigenvalue weighted by Gasteiger charge is -2.42. The minimum Gasteiger partial charge on any atom is -0.771 e. The number of benzene rings is 1. The Morgan fingerprint density at radius 2 is 2.11 bits per heavy atom. The lowest BCUT2D eigenvalue weighted by molar-refractivity contribution is 0.101. The van der Waals surface area contributed by atoms with Crippen LogP contribution in [0.5, 0.6) is 0 Å². The molecule has 7 nitrogen and oxygen atoms in total. The van der Waals surface area contributed by atoms with E-state index in [4.69, 9.17) is 10.5 Å². The van der Waals surface area contributed by atoms with Gasteiger partial charge in [0.15, 0.2) is 0 Å². The zero-order valence-corrected chi connectivity index (χ0v) is 16.2. The molecular formula is C19H25N6OS-.